The van der Waals surface area contributed by atoms with E-state index in [1.807, 2.05) is 63.2 Å². The Labute approximate surface area is 161 Å². The SMILES string of the molecule is CCOC(=O)C(C)(C)[C@@H](CN(C)Cc1ccccc1)c1ccc(Cl)cc1. The second kappa shape index (κ2) is 9.20. The Morgan fingerprint density at radius 2 is 1.73 bits per heavy atom. The topological polar surface area (TPSA) is 29.5 Å². The smallest absolute Gasteiger partial charge is 0.312 e. The summed E-state index contributed by atoms with van der Waals surface area (Å²) in [6, 6.07) is 18.1. The molecule has 4 heteroatoms. The highest BCUT2D eigenvalue weighted by atomic mass is 35.5. The lowest BCUT2D eigenvalue weighted by molar-refractivity contribution is -0.155. The molecular formula is C22H28ClNO2. The van der Waals surface area contributed by atoms with E-state index in [0.717, 1.165) is 18.7 Å². The zero-order chi connectivity index (χ0) is 19.2. The number of carbonyl (C=O) groups excluding carboxylic acids is 1. The van der Waals surface area contributed by atoms with Gasteiger partial charge in [-0.2, -0.15) is 0 Å². The van der Waals surface area contributed by atoms with Crippen LogP contribution in [0.1, 0.15) is 37.8 Å². The van der Waals surface area contributed by atoms with Gasteiger partial charge >= 0.3 is 5.97 Å². The zero-order valence-electron chi connectivity index (χ0n) is 16.0. The number of nitrogens with zero attached hydrogens (tertiary/aromatic N) is 1. The van der Waals surface area contributed by atoms with Gasteiger partial charge in [-0.15, -0.1) is 0 Å². The van der Waals surface area contributed by atoms with Gasteiger partial charge in [0.1, 0.15) is 0 Å². The lowest BCUT2D eigenvalue weighted by Crippen LogP contribution is -2.39. The minimum absolute atomic E-state index is 0.00692. The average molecular weight is 374 g/mol. The monoisotopic (exact) mass is 373 g/mol. The maximum atomic E-state index is 12.6. The molecule has 0 aliphatic rings. The van der Waals surface area contributed by atoms with Crippen LogP contribution in [0, 0.1) is 5.41 Å². The molecule has 0 saturated carbocycles. The first-order chi connectivity index (χ1) is 12.3. The van der Waals surface area contributed by atoms with Crippen LogP contribution in [0.4, 0.5) is 0 Å². The van der Waals surface area contributed by atoms with Gasteiger partial charge in [0.05, 0.1) is 12.0 Å². The van der Waals surface area contributed by atoms with E-state index < -0.39 is 5.41 Å². The maximum Gasteiger partial charge on any atom is 0.312 e. The molecule has 2 aromatic carbocycles. The normalized spacial score (nSPS) is 12.8. The molecule has 0 bridgehead atoms. The molecule has 0 unspecified atom stereocenters. The summed E-state index contributed by atoms with van der Waals surface area (Å²) in [5.41, 5.74) is 1.69. The number of benzene rings is 2. The van der Waals surface area contributed by atoms with Gasteiger partial charge in [-0.25, -0.2) is 0 Å². The molecule has 0 radical (unpaired) electrons. The molecule has 0 aliphatic carbocycles. The molecule has 140 valence electrons. The fraction of sp³-hybridized carbons (Fsp3) is 0.409. The largest absolute Gasteiger partial charge is 0.466 e. The van der Waals surface area contributed by atoms with Crippen LogP contribution in [0.15, 0.2) is 54.6 Å². The third-order valence-corrected chi connectivity index (χ3v) is 4.99. The van der Waals surface area contributed by atoms with E-state index in [9.17, 15) is 4.79 Å². The van der Waals surface area contributed by atoms with Crippen LogP contribution in [0.5, 0.6) is 0 Å². The number of halogens is 1. The molecule has 2 rings (SSSR count). The number of carbonyl (C=O) groups is 1. The van der Waals surface area contributed by atoms with E-state index in [2.05, 4.69) is 24.1 Å². The number of esters is 1. The number of likely N-dealkylation sites (N-methyl/N-ethyl adjacent to an activating group) is 1. The predicted octanol–water partition coefficient (Wildman–Crippen LogP) is 5.14. The number of hydrogen-bond donors (Lipinski definition) is 0. The summed E-state index contributed by atoms with van der Waals surface area (Å²) in [5, 5.41) is 0.694. The fourth-order valence-corrected chi connectivity index (χ4v) is 3.30. The first kappa shape index (κ1) is 20.5. The lowest BCUT2D eigenvalue weighted by Gasteiger charge is -2.35. The van der Waals surface area contributed by atoms with Crippen molar-refractivity contribution in [1.29, 1.82) is 0 Å². The van der Waals surface area contributed by atoms with Crippen LogP contribution in [0.2, 0.25) is 5.02 Å². The van der Waals surface area contributed by atoms with Crippen LogP contribution >= 0.6 is 11.6 Å². The van der Waals surface area contributed by atoms with Crippen LogP contribution < -0.4 is 0 Å². The van der Waals surface area contributed by atoms with Crippen molar-refractivity contribution < 1.29 is 9.53 Å². The summed E-state index contributed by atoms with van der Waals surface area (Å²) in [6.07, 6.45) is 0. The Kier molecular flexibility index (Phi) is 7.24. The number of ether oxygens (including phenoxy) is 1. The Balaban J connectivity index is 2.25. The van der Waals surface area contributed by atoms with Crippen molar-refractivity contribution in [2.75, 3.05) is 20.2 Å². The Hall–Kier alpha value is -1.84. The molecule has 26 heavy (non-hydrogen) atoms. The van der Waals surface area contributed by atoms with Gasteiger partial charge in [-0.3, -0.25) is 4.79 Å². The zero-order valence-corrected chi connectivity index (χ0v) is 16.8. The summed E-state index contributed by atoms with van der Waals surface area (Å²) in [5.74, 6) is -0.180. The first-order valence-corrected chi connectivity index (χ1v) is 9.37. The Morgan fingerprint density at radius 1 is 1.12 bits per heavy atom. The van der Waals surface area contributed by atoms with Gasteiger partial charge in [0.25, 0.3) is 0 Å². The fourth-order valence-electron chi connectivity index (χ4n) is 3.18. The standard InChI is InChI=1S/C22H28ClNO2/c1-5-26-21(25)22(2,3)20(18-11-13-19(23)14-12-18)16-24(4)15-17-9-7-6-8-10-17/h6-14,20H,5,15-16H2,1-4H3/t20-/m0/s1. The van der Waals surface area contributed by atoms with Gasteiger partial charge in [-0.05, 0) is 51.1 Å². The lowest BCUT2D eigenvalue weighted by atomic mass is 9.74. The van der Waals surface area contributed by atoms with E-state index in [1.165, 1.54) is 5.56 Å². The molecule has 0 N–H and O–H groups in total. The van der Waals surface area contributed by atoms with Crippen molar-refractivity contribution in [3.05, 3.63) is 70.7 Å². The summed E-state index contributed by atoms with van der Waals surface area (Å²) >= 11 is 6.05. The molecule has 1 atom stereocenters. The molecule has 0 aromatic heterocycles. The quantitative estimate of drug-likeness (QED) is 0.599. The number of rotatable bonds is 8. The third-order valence-electron chi connectivity index (χ3n) is 4.73. The van der Waals surface area contributed by atoms with Crippen molar-refractivity contribution in [2.45, 2.75) is 33.2 Å². The van der Waals surface area contributed by atoms with Crippen LogP contribution in [-0.2, 0) is 16.1 Å². The molecular weight excluding hydrogens is 346 g/mol. The second-order valence-electron chi connectivity index (χ2n) is 7.23. The summed E-state index contributed by atoms with van der Waals surface area (Å²) in [7, 11) is 2.08. The molecule has 0 spiro atoms. The Morgan fingerprint density at radius 3 is 2.31 bits per heavy atom. The molecule has 0 amide bonds. The van der Waals surface area contributed by atoms with Gasteiger partial charge < -0.3 is 9.64 Å². The molecule has 0 aliphatic heterocycles. The second-order valence-corrected chi connectivity index (χ2v) is 7.67. The van der Waals surface area contributed by atoms with Crippen LogP contribution in [-0.4, -0.2) is 31.1 Å². The van der Waals surface area contributed by atoms with Crippen molar-refractivity contribution in [3.63, 3.8) is 0 Å². The highest BCUT2D eigenvalue weighted by Crippen LogP contribution is 2.38. The van der Waals surface area contributed by atoms with Gasteiger partial charge in [0.2, 0.25) is 0 Å². The first-order valence-electron chi connectivity index (χ1n) is 8.99. The predicted molar refractivity (Wildman–Crippen MR) is 107 cm³/mol. The molecule has 2 aromatic rings. The number of hydrogen-bond acceptors (Lipinski definition) is 3. The third kappa shape index (κ3) is 5.33. The van der Waals surface area contributed by atoms with Crippen LogP contribution in [0.3, 0.4) is 0 Å². The van der Waals surface area contributed by atoms with E-state index in [4.69, 9.17) is 16.3 Å². The highest BCUT2D eigenvalue weighted by molar-refractivity contribution is 6.30. The van der Waals surface area contributed by atoms with Gasteiger partial charge in [0.15, 0.2) is 0 Å². The highest BCUT2D eigenvalue weighted by Gasteiger charge is 2.39. The minimum atomic E-state index is -0.644. The summed E-state index contributed by atoms with van der Waals surface area (Å²) in [6.45, 7) is 7.70. The average Bonchev–Trinajstić information content (AvgIpc) is 2.61. The molecule has 3 nitrogen and oxygen atoms in total. The van der Waals surface area contributed by atoms with Crippen molar-refractivity contribution in [3.8, 4) is 0 Å². The molecule has 0 saturated heterocycles. The van der Waals surface area contributed by atoms with Gasteiger partial charge in [0, 0.05) is 24.0 Å². The van der Waals surface area contributed by atoms with E-state index >= 15 is 0 Å². The molecule has 0 fully saturated rings. The molecule has 0 heterocycles. The van der Waals surface area contributed by atoms with Gasteiger partial charge in [-0.1, -0.05) is 54.1 Å². The van der Waals surface area contributed by atoms with E-state index in [0.29, 0.717) is 11.6 Å². The maximum absolute atomic E-state index is 12.6. The van der Waals surface area contributed by atoms with Crippen LogP contribution in [0.25, 0.3) is 0 Å². The van der Waals surface area contributed by atoms with Crippen molar-refractivity contribution in [1.82, 2.24) is 4.90 Å². The van der Waals surface area contributed by atoms with Crippen molar-refractivity contribution in [2.24, 2.45) is 5.41 Å². The Bertz CT molecular complexity index is 698. The van der Waals surface area contributed by atoms with E-state index in [1.54, 1.807) is 0 Å². The minimum Gasteiger partial charge on any atom is -0.466 e. The summed E-state index contributed by atoms with van der Waals surface area (Å²) < 4.78 is 5.35. The van der Waals surface area contributed by atoms with E-state index in [-0.39, 0.29) is 11.9 Å². The summed E-state index contributed by atoms with van der Waals surface area (Å²) in [4.78, 5) is 14.9. The van der Waals surface area contributed by atoms with Crippen molar-refractivity contribution >= 4 is 17.6 Å².